The highest BCUT2D eigenvalue weighted by Crippen LogP contribution is 2.36. The largest absolute Gasteiger partial charge is 0.416 e. The van der Waals surface area contributed by atoms with Crippen LogP contribution in [0.1, 0.15) is 12.5 Å². The summed E-state index contributed by atoms with van der Waals surface area (Å²) < 4.78 is 38.0. The first kappa shape index (κ1) is 17.3. The maximum Gasteiger partial charge on any atom is 0.416 e. The molecule has 0 unspecified atom stereocenters. The van der Waals surface area contributed by atoms with Crippen LogP contribution in [0.3, 0.4) is 0 Å². The van der Waals surface area contributed by atoms with Crippen LogP contribution in [0.15, 0.2) is 42.5 Å². The minimum absolute atomic E-state index is 0.0898. The predicted molar refractivity (Wildman–Crippen MR) is 82.1 cm³/mol. The highest BCUT2D eigenvalue weighted by molar-refractivity contribution is 5.89. The molecule has 0 saturated carbocycles. The van der Waals surface area contributed by atoms with E-state index in [0.717, 1.165) is 12.1 Å². The number of hydrogen-bond acceptors (Lipinski definition) is 4. The van der Waals surface area contributed by atoms with Gasteiger partial charge in [0.25, 0.3) is 5.69 Å². The van der Waals surface area contributed by atoms with Crippen LogP contribution in [-0.2, 0) is 11.0 Å². The molecule has 0 aliphatic rings. The Kier molecular flexibility index (Phi) is 4.72. The molecule has 0 saturated heterocycles. The van der Waals surface area contributed by atoms with Crippen LogP contribution in [0.2, 0.25) is 0 Å². The highest BCUT2D eigenvalue weighted by Gasteiger charge is 2.33. The van der Waals surface area contributed by atoms with Crippen LogP contribution in [0.4, 0.5) is 35.9 Å². The number of carbonyl (C=O) groups is 1. The molecule has 0 bridgehead atoms. The van der Waals surface area contributed by atoms with Gasteiger partial charge in [-0.2, -0.15) is 13.2 Å². The Morgan fingerprint density at radius 3 is 2.38 bits per heavy atom. The van der Waals surface area contributed by atoms with Gasteiger partial charge in [0.15, 0.2) is 0 Å². The number of nitrogens with zero attached hydrogens (tertiary/aromatic N) is 1. The summed E-state index contributed by atoms with van der Waals surface area (Å²) in [7, 11) is 0. The molecule has 24 heavy (non-hydrogen) atoms. The lowest BCUT2D eigenvalue weighted by atomic mass is 10.1. The van der Waals surface area contributed by atoms with Crippen molar-refractivity contribution < 1.29 is 22.9 Å². The van der Waals surface area contributed by atoms with Crippen LogP contribution >= 0.6 is 0 Å². The van der Waals surface area contributed by atoms with Gasteiger partial charge in [0.2, 0.25) is 5.91 Å². The van der Waals surface area contributed by atoms with Crippen molar-refractivity contribution in [2.24, 2.45) is 0 Å². The van der Waals surface area contributed by atoms with Crippen LogP contribution in [0, 0.1) is 10.1 Å². The summed E-state index contributed by atoms with van der Waals surface area (Å²) in [6.07, 6.45) is -4.67. The molecule has 0 spiro atoms. The molecule has 126 valence electrons. The number of nitro groups is 1. The molecule has 2 N–H and O–H groups in total. The maximum atomic E-state index is 12.7. The molecule has 9 heteroatoms. The fraction of sp³-hybridized carbons (Fsp3) is 0.133. The zero-order valence-electron chi connectivity index (χ0n) is 12.3. The van der Waals surface area contributed by atoms with E-state index in [1.807, 2.05) is 0 Å². The third kappa shape index (κ3) is 4.22. The molecular formula is C15H12F3N3O3. The van der Waals surface area contributed by atoms with Gasteiger partial charge in [-0.3, -0.25) is 14.9 Å². The summed E-state index contributed by atoms with van der Waals surface area (Å²) in [5.41, 5.74) is -1.07. The number of nitrogens with one attached hydrogen (secondary N) is 2. The lowest BCUT2D eigenvalue weighted by molar-refractivity contribution is -0.384. The van der Waals surface area contributed by atoms with Crippen LogP contribution in [-0.4, -0.2) is 10.8 Å². The van der Waals surface area contributed by atoms with E-state index in [2.05, 4.69) is 10.6 Å². The van der Waals surface area contributed by atoms with Gasteiger partial charge in [-0.25, -0.2) is 0 Å². The zero-order chi connectivity index (χ0) is 17.9. The first-order chi connectivity index (χ1) is 11.2. The Morgan fingerprint density at radius 2 is 1.79 bits per heavy atom. The Bertz CT molecular complexity index is 791. The first-order valence-electron chi connectivity index (χ1n) is 6.67. The van der Waals surface area contributed by atoms with E-state index in [0.29, 0.717) is 17.4 Å². The van der Waals surface area contributed by atoms with Gasteiger partial charge in [-0.1, -0.05) is 6.07 Å². The zero-order valence-corrected chi connectivity index (χ0v) is 12.3. The van der Waals surface area contributed by atoms with Gasteiger partial charge in [-0.15, -0.1) is 0 Å². The summed E-state index contributed by atoms with van der Waals surface area (Å²) in [5, 5.41) is 16.3. The molecule has 0 fully saturated rings. The van der Waals surface area contributed by atoms with Gasteiger partial charge >= 0.3 is 6.18 Å². The number of hydrogen-bond donors (Lipinski definition) is 2. The van der Waals surface area contributed by atoms with Crippen molar-refractivity contribution in [2.75, 3.05) is 10.6 Å². The summed E-state index contributed by atoms with van der Waals surface area (Å²) in [4.78, 5) is 21.2. The second-order valence-electron chi connectivity index (χ2n) is 4.87. The number of carbonyl (C=O) groups excluding carboxylic acids is 1. The second kappa shape index (κ2) is 6.57. The van der Waals surface area contributed by atoms with Gasteiger partial charge in [0.05, 0.1) is 10.5 Å². The Hall–Kier alpha value is -3.10. The predicted octanol–water partition coefficient (Wildman–Crippen LogP) is 4.32. The number of benzene rings is 2. The molecular weight excluding hydrogens is 327 g/mol. The third-order valence-electron chi connectivity index (χ3n) is 2.98. The van der Waals surface area contributed by atoms with Crippen LogP contribution < -0.4 is 10.6 Å². The van der Waals surface area contributed by atoms with Crippen LogP contribution in [0.5, 0.6) is 0 Å². The number of halogens is 3. The number of anilines is 3. The molecule has 0 aliphatic carbocycles. The van der Waals surface area contributed by atoms with Gasteiger partial charge in [0, 0.05) is 24.4 Å². The van der Waals surface area contributed by atoms with Crippen molar-refractivity contribution in [3.63, 3.8) is 0 Å². The number of alkyl halides is 3. The average Bonchev–Trinajstić information content (AvgIpc) is 2.45. The summed E-state index contributed by atoms with van der Waals surface area (Å²) >= 11 is 0. The van der Waals surface area contributed by atoms with Crippen molar-refractivity contribution in [3.8, 4) is 0 Å². The minimum Gasteiger partial charge on any atom is -0.350 e. The van der Waals surface area contributed by atoms with E-state index in [1.165, 1.54) is 13.0 Å². The third-order valence-corrected chi connectivity index (χ3v) is 2.98. The smallest absolute Gasteiger partial charge is 0.350 e. The van der Waals surface area contributed by atoms with Crippen molar-refractivity contribution in [1.82, 2.24) is 0 Å². The summed E-state index contributed by atoms with van der Waals surface area (Å²) in [6, 6.07) is 8.48. The van der Waals surface area contributed by atoms with E-state index in [9.17, 15) is 28.1 Å². The molecule has 6 nitrogen and oxygen atoms in total. The van der Waals surface area contributed by atoms with E-state index < -0.39 is 22.4 Å². The monoisotopic (exact) mass is 339 g/mol. The van der Waals surface area contributed by atoms with Gasteiger partial charge in [0.1, 0.15) is 5.69 Å². The quantitative estimate of drug-likeness (QED) is 0.642. The summed E-state index contributed by atoms with van der Waals surface area (Å²) in [6.45, 7) is 1.32. The van der Waals surface area contributed by atoms with Crippen molar-refractivity contribution in [1.29, 1.82) is 0 Å². The lowest BCUT2D eigenvalue weighted by Gasteiger charge is -2.11. The summed E-state index contributed by atoms with van der Waals surface area (Å²) in [5.74, 6) is -0.298. The maximum absolute atomic E-state index is 12.7. The van der Waals surface area contributed by atoms with E-state index in [-0.39, 0.29) is 11.6 Å². The molecule has 0 atom stereocenters. The molecule has 0 heterocycles. The lowest BCUT2D eigenvalue weighted by Crippen LogP contribution is -2.07. The van der Waals surface area contributed by atoms with Crippen molar-refractivity contribution in [2.45, 2.75) is 13.1 Å². The molecule has 2 aromatic carbocycles. The number of rotatable bonds is 4. The minimum atomic E-state index is -4.67. The number of nitro benzene ring substituents is 1. The topological polar surface area (TPSA) is 84.3 Å². The molecule has 2 aromatic rings. The Balaban J connectivity index is 2.36. The number of amides is 1. The Morgan fingerprint density at radius 1 is 1.12 bits per heavy atom. The molecule has 0 aliphatic heterocycles. The normalized spacial score (nSPS) is 11.0. The standard InChI is InChI=1S/C15H12F3N3O3/c1-9(22)19-11-3-2-4-12(8-11)20-13-6-5-10(15(16,17)18)7-14(13)21(23)24/h2-8,20H,1H3,(H,19,22). The van der Waals surface area contributed by atoms with Crippen LogP contribution in [0.25, 0.3) is 0 Å². The van der Waals surface area contributed by atoms with Gasteiger partial charge < -0.3 is 10.6 Å². The highest BCUT2D eigenvalue weighted by atomic mass is 19.4. The fourth-order valence-electron chi connectivity index (χ4n) is 2.00. The van der Waals surface area contributed by atoms with Crippen molar-refractivity contribution >= 4 is 28.7 Å². The van der Waals surface area contributed by atoms with E-state index in [1.54, 1.807) is 18.2 Å². The molecule has 2 rings (SSSR count). The second-order valence-corrected chi connectivity index (χ2v) is 4.87. The van der Waals surface area contributed by atoms with E-state index in [4.69, 9.17) is 0 Å². The molecule has 1 amide bonds. The Labute approximate surface area is 134 Å². The SMILES string of the molecule is CC(=O)Nc1cccc(Nc2ccc(C(F)(F)F)cc2[N+](=O)[O-])c1. The van der Waals surface area contributed by atoms with Gasteiger partial charge in [-0.05, 0) is 30.3 Å². The molecule has 0 radical (unpaired) electrons. The molecule has 0 aromatic heterocycles. The van der Waals surface area contributed by atoms with E-state index >= 15 is 0 Å². The van der Waals surface area contributed by atoms with Crippen molar-refractivity contribution in [3.05, 3.63) is 58.1 Å². The average molecular weight is 339 g/mol. The first-order valence-corrected chi connectivity index (χ1v) is 6.67. The fourth-order valence-corrected chi connectivity index (χ4v) is 2.00.